The SMILES string of the molecule is Cc1ccccc1NC(=O)C(C)N1CCC(NC(=O)c2ccc(F)cc2)CC1. The molecule has 2 amide bonds. The van der Waals surface area contributed by atoms with Gasteiger partial charge in [0.15, 0.2) is 0 Å². The predicted octanol–water partition coefficient (Wildman–Crippen LogP) is 3.36. The van der Waals surface area contributed by atoms with Gasteiger partial charge in [0.1, 0.15) is 5.82 Å². The van der Waals surface area contributed by atoms with Crippen LogP contribution in [0, 0.1) is 12.7 Å². The molecule has 0 aromatic heterocycles. The summed E-state index contributed by atoms with van der Waals surface area (Å²) in [5, 5.41) is 6.00. The Balaban J connectivity index is 1.49. The Kier molecular flexibility index (Phi) is 6.41. The van der Waals surface area contributed by atoms with Crippen molar-refractivity contribution in [1.82, 2.24) is 10.2 Å². The lowest BCUT2D eigenvalue weighted by Crippen LogP contribution is -2.50. The standard InChI is InChI=1S/C22H26FN3O2/c1-15-5-3-4-6-20(15)25-21(27)16(2)26-13-11-19(12-14-26)24-22(28)17-7-9-18(23)10-8-17/h3-10,16,19H,11-14H2,1-2H3,(H,24,28)(H,25,27). The number of carbonyl (C=O) groups is 2. The molecule has 1 aliphatic rings. The van der Waals surface area contributed by atoms with Crippen molar-refractivity contribution in [2.45, 2.75) is 38.8 Å². The van der Waals surface area contributed by atoms with Gasteiger partial charge >= 0.3 is 0 Å². The van der Waals surface area contributed by atoms with Crippen molar-refractivity contribution < 1.29 is 14.0 Å². The second kappa shape index (κ2) is 8.97. The van der Waals surface area contributed by atoms with Crippen LogP contribution in [-0.4, -0.2) is 41.9 Å². The van der Waals surface area contributed by atoms with Crippen molar-refractivity contribution in [2.24, 2.45) is 0 Å². The number of para-hydroxylation sites is 1. The largest absolute Gasteiger partial charge is 0.349 e. The lowest BCUT2D eigenvalue weighted by Gasteiger charge is -2.35. The third kappa shape index (κ3) is 4.95. The van der Waals surface area contributed by atoms with E-state index in [-0.39, 0.29) is 29.7 Å². The van der Waals surface area contributed by atoms with Crippen LogP contribution in [-0.2, 0) is 4.79 Å². The summed E-state index contributed by atoms with van der Waals surface area (Å²) in [5.74, 6) is -0.574. The van der Waals surface area contributed by atoms with Gasteiger partial charge in [-0.2, -0.15) is 0 Å². The fourth-order valence-electron chi connectivity index (χ4n) is 3.42. The van der Waals surface area contributed by atoms with E-state index in [2.05, 4.69) is 15.5 Å². The molecule has 1 fully saturated rings. The molecule has 1 heterocycles. The predicted molar refractivity (Wildman–Crippen MR) is 108 cm³/mol. The van der Waals surface area contributed by atoms with Gasteiger partial charge in [0.05, 0.1) is 6.04 Å². The second-order valence-electron chi connectivity index (χ2n) is 7.27. The maximum absolute atomic E-state index is 13.0. The third-order valence-electron chi connectivity index (χ3n) is 5.30. The number of anilines is 1. The highest BCUT2D eigenvalue weighted by Crippen LogP contribution is 2.17. The molecule has 2 aromatic rings. The molecule has 148 valence electrons. The van der Waals surface area contributed by atoms with Crippen molar-refractivity contribution in [3.63, 3.8) is 0 Å². The number of benzene rings is 2. The zero-order chi connectivity index (χ0) is 20.1. The van der Waals surface area contributed by atoms with Gasteiger partial charge in [-0.05, 0) is 62.6 Å². The highest BCUT2D eigenvalue weighted by atomic mass is 19.1. The van der Waals surface area contributed by atoms with Crippen molar-refractivity contribution in [2.75, 3.05) is 18.4 Å². The van der Waals surface area contributed by atoms with Crippen LogP contribution in [0.25, 0.3) is 0 Å². The second-order valence-corrected chi connectivity index (χ2v) is 7.27. The van der Waals surface area contributed by atoms with E-state index in [4.69, 9.17) is 0 Å². The number of aryl methyl sites for hydroxylation is 1. The summed E-state index contributed by atoms with van der Waals surface area (Å²) in [6, 6.07) is 13.1. The van der Waals surface area contributed by atoms with E-state index in [1.54, 1.807) is 0 Å². The van der Waals surface area contributed by atoms with Crippen molar-refractivity contribution in [3.8, 4) is 0 Å². The Morgan fingerprint density at radius 2 is 1.71 bits per heavy atom. The Hall–Kier alpha value is -2.73. The minimum atomic E-state index is -0.359. The van der Waals surface area contributed by atoms with E-state index in [0.717, 1.165) is 37.2 Å². The summed E-state index contributed by atoms with van der Waals surface area (Å²) in [5.41, 5.74) is 2.32. The number of piperidine rings is 1. The number of likely N-dealkylation sites (tertiary alicyclic amines) is 1. The van der Waals surface area contributed by atoms with Gasteiger partial charge in [0, 0.05) is 30.4 Å². The van der Waals surface area contributed by atoms with Gasteiger partial charge < -0.3 is 10.6 Å². The number of nitrogens with zero attached hydrogens (tertiary/aromatic N) is 1. The van der Waals surface area contributed by atoms with E-state index >= 15 is 0 Å². The topological polar surface area (TPSA) is 61.4 Å². The van der Waals surface area contributed by atoms with Crippen molar-refractivity contribution in [1.29, 1.82) is 0 Å². The van der Waals surface area contributed by atoms with Gasteiger partial charge in [-0.15, -0.1) is 0 Å². The van der Waals surface area contributed by atoms with Crippen molar-refractivity contribution >= 4 is 17.5 Å². The summed E-state index contributed by atoms with van der Waals surface area (Å²) in [4.78, 5) is 27.0. The molecule has 0 radical (unpaired) electrons. The molecular weight excluding hydrogens is 357 g/mol. The third-order valence-corrected chi connectivity index (χ3v) is 5.30. The van der Waals surface area contributed by atoms with Crippen LogP contribution in [0.5, 0.6) is 0 Å². The first-order valence-electron chi connectivity index (χ1n) is 9.61. The molecule has 28 heavy (non-hydrogen) atoms. The maximum atomic E-state index is 13.0. The summed E-state index contributed by atoms with van der Waals surface area (Å²) < 4.78 is 13.0. The Morgan fingerprint density at radius 1 is 1.07 bits per heavy atom. The molecule has 6 heteroatoms. The number of halogens is 1. The van der Waals surface area contributed by atoms with Crippen molar-refractivity contribution in [3.05, 3.63) is 65.5 Å². The van der Waals surface area contributed by atoms with Gasteiger partial charge in [0.2, 0.25) is 5.91 Å². The number of rotatable bonds is 5. The van der Waals surface area contributed by atoms with Crippen LogP contribution in [0.3, 0.4) is 0 Å². The minimum absolute atomic E-state index is 0.0249. The summed E-state index contributed by atoms with van der Waals surface area (Å²) in [6.07, 6.45) is 1.55. The molecule has 3 rings (SSSR count). The van der Waals surface area contributed by atoms with E-state index in [1.165, 1.54) is 24.3 Å². The molecule has 1 aliphatic heterocycles. The van der Waals surface area contributed by atoms with Crippen LogP contribution in [0.15, 0.2) is 48.5 Å². The molecule has 2 N–H and O–H groups in total. The van der Waals surface area contributed by atoms with Crippen LogP contribution in [0.4, 0.5) is 10.1 Å². The fourth-order valence-corrected chi connectivity index (χ4v) is 3.42. The number of hydrogen-bond donors (Lipinski definition) is 2. The van der Waals surface area contributed by atoms with E-state index in [9.17, 15) is 14.0 Å². The van der Waals surface area contributed by atoms with Crippen LogP contribution < -0.4 is 10.6 Å². The number of amides is 2. The molecule has 0 saturated carbocycles. The highest BCUT2D eigenvalue weighted by molar-refractivity contribution is 5.95. The summed E-state index contributed by atoms with van der Waals surface area (Å²) >= 11 is 0. The quantitative estimate of drug-likeness (QED) is 0.832. The Labute approximate surface area is 164 Å². The molecule has 1 unspecified atom stereocenters. The van der Waals surface area contributed by atoms with E-state index < -0.39 is 0 Å². The first kappa shape index (κ1) is 20.0. The van der Waals surface area contributed by atoms with Crippen LogP contribution in [0.2, 0.25) is 0 Å². The first-order valence-corrected chi connectivity index (χ1v) is 9.61. The molecule has 1 atom stereocenters. The number of hydrogen-bond acceptors (Lipinski definition) is 3. The minimum Gasteiger partial charge on any atom is -0.349 e. The summed E-state index contributed by atoms with van der Waals surface area (Å²) in [6.45, 7) is 5.34. The highest BCUT2D eigenvalue weighted by Gasteiger charge is 2.27. The molecular formula is C22H26FN3O2. The zero-order valence-corrected chi connectivity index (χ0v) is 16.2. The number of nitrogens with one attached hydrogen (secondary N) is 2. The smallest absolute Gasteiger partial charge is 0.251 e. The molecule has 5 nitrogen and oxygen atoms in total. The molecule has 0 spiro atoms. The monoisotopic (exact) mass is 383 g/mol. The lowest BCUT2D eigenvalue weighted by atomic mass is 10.0. The summed E-state index contributed by atoms with van der Waals surface area (Å²) in [7, 11) is 0. The van der Waals surface area contributed by atoms with E-state index in [1.807, 2.05) is 38.1 Å². The fraction of sp³-hybridized carbons (Fsp3) is 0.364. The van der Waals surface area contributed by atoms with Crippen LogP contribution >= 0.6 is 0 Å². The first-order chi connectivity index (χ1) is 13.4. The molecule has 1 saturated heterocycles. The van der Waals surface area contributed by atoms with Crippen LogP contribution in [0.1, 0.15) is 35.7 Å². The molecule has 0 bridgehead atoms. The average molecular weight is 383 g/mol. The normalized spacial score (nSPS) is 16.4. The average Bonchev–Trinajstić information content (AvgIpc) is 2.70. The molecule has 2 aromatic carbocycles. The van der Waals surface area contributed by atoms with Gasteiger partial charge in [0.25, 0.3) is 5.91 Å². The Morgan fingerprint density at radius 3 is 2.36 bits per heavy atom. The zero-order valence-electron chi connectivity index (χ0n) is 16.2. The molecule has 0 aliphatic carbocycles. The number of carbonyl (C=O) groups excluding carboxylic acids is 2. The maximum Gasteiger partial charge on any atom is 0.251 e. The van der Waals surface area contributed by atoms with E-state index in [0.29, 0.717) is 5.56 Å². The lowest BCUT2D eigenvalue weighted by molar-refractivity contribution is -0.121. The Bertz CT molecular complexity index is 830. The van der Waals surface area contributed by atoms with Gasteiger partial charge in [-0.1, -0.05) is 18.2 Å². The van der Waals surface area contributed by atoms with Gasteiger partial charge in [-0.3, -0.25) is 14.5 Å². The van der Waals surface area contributed by atoms with Gasteiger partial charge in [-0.25, -0.2) is 4.39 Å².